The number of anilines is 1. The van der Waals surface area contributed by atoms with E-state index in [-0.39, 0.29) is 18.1 Å². The topological polar surface area (TPSA) is 51.2 Å². The standard InChI is InChI=1S/C15H18N2O2/c1-15(2,3)19-10-14(18)17-13-8-4-7-12-11(13)6-5-9-16-12/h4-9H,10H2,1-3H3,(H,17,18). The van der Waals surface area contributed by atoms with Crippen LogP contribution >= 0.6 is 0 Å². The Bertz CT molecular complexity index is 583. The molecule has 2 rings (SSSR count). The number of carbonyl (C=O) groups is 1. The molecule has 0 bridgehead atoms. The Morgan fingerprint density at radius 3 is 2.79 bits per heavy atom. The van der Waals surface area contributed by atoms with Gasteiger partial charge in [0.05, 0.1) is 16.8 Å². The molecule has 1 heterocycles. The van der Waals surface area contributed by atoms with Crippen molar-refractivity contribution in [2.75, 3.05) is 11.9 Å². The highest BCUT2D eigenvalue weighted by atomic mass is 16.5. The van der Waals surface area contributed by atoms with Crippen molar-refractivity contribution in [3.05, 3.63) is 36.5 Å². The molecule has 1 aromatic heterocycles. The van der Waals surface area contributed by atoms with Gasteiger partial charge >= 0.3 is 0 Å². The SMILES string of the molecule is CC(C)(C)OCC(=O)Nc1cccc2ncccc12. The molecule has 100 valence electrons. The Hall–Kier alpha value is -1.94. The van der Waals surface area contributed by atoms with Crippen molar-refractivity contribution in [2.45, 2.75) is 26.4 Å². The van der Waals surface area contributed by atoms with Gasteiger partial charge in [0.15, 0.2) is 0 Å². The van der Waals surface area contributed by atoms with Gasteiger partial charge in [0.25, 0.3) is 0 Å². The van der Waals surface area contributed by atoms with Crippen molar-refractivity contribution in [3.8, 4) is 0 Å². The molecule has 0 saturated carbocycles. The summed E-state index contributed by atoms with van der Waals surface area (Å²) in [5, 5.41) is 3.78. The average molecular weight is 258 g/mol. The first-order valence-corrected chi connectivity index (χ1v) is 6.23. The summed E-state index contributed by atoms with van der Waals surface area (Å²) in [5.74, 6) is -0.161. The molecule has 1 aromatic carbocycles. The summed E-state index contributed by atoms with van der Waals surface area (Å²) >= 11 is 0. The highest BCUT2D eigenvalue weighted by molar-refractivity contribution is 6.01. The van der Waals surface area contributed by atoms with Gasteiger partial charge in [-0.2, -0.15) is 0 Å². The molecule has 0 aliphatic heterocycles. The minimum absolute atomic E-state index is 0.0418. The number of amides is 1. The summed E-state index contributed by atoms with van der Waals surface area (Å²) in [4.78, 5) is 16.1. The van der Waals surface area contributed by atoms with Crippen molar-refractivity contribution in [1.29, 1.82) is 0 Å². The van der Waals surface area contributed by atoms with Crippen LogP contribution in [0.2, 0.25) is 0 Å². The molecule has 0 radical (unpaired) electrons. The first-order chi connectivity index (χ1) is 8.96. The lowest BCUT2D eigenvalue weighted by Gasteiger charge is -2.19. The van der Waals surface area contributed by atoms with Crippen LogP contribution in [-0.2, 0) is 9.53 Å². The van der Waals surface area contributed by atoms with Crippen LogP contribution in [0.25, 0.3) is 10.9 Å². The van der Waals surface area contributed by atoms with Gasteiger partial charge in [-0.3, -0.25) is 9.78 Å². The van der Waals surface area contributed by atoms with Gasteiger partial charge in [0.1, 0.15) is 6.61 Å². The third-order valence-electron chi connectivity index (χ3n) is 2.56. The number of carbonyl (C=O) groups excluding carboxylic acids is 1. The lowest BCUT2D eigenvalue weighted by Crippen LogP contribution is -2.27. The molecule has 0 atom stereocenters. The third-order valence-corrected chi connectivity index (χ3v) is 2.56. The van der Waals surface area contributed by atoms with E-state index in [1.54, 1.807) is 6.20 Å². The quantitative estimate of drug-likeness (QED) is 0.920. The maximum Gasteiger partial charge on any atom is 0.250 e. The summed E-state index contributed by atoms with van der Waals surface area (Å²) in [6.07, 6.45) is 1.73. The molecule has 1 amide bonds. The second-order valence-electron chi connectivity index (χ2n) is 5.32. The summed E-state index contributed by atoms with van der Waals surface area (Å²) < 4.78 is 5.45. The number of nitrogens with one attached hydrogen (secondary N) is 1. The molecule has 4 heteroatoms. The van der Waals surface area contributed by atoms with E-state index in [9.17, 15) is 4.79 Å². The van der Waals surface area contributed by atoms with E-state index < -0.39 is 0 Å². The van der Waals surface area contributed by atoms with E-state index in [0.29, 0.717) is 0 Å². The predicted octanol–water partition coefficient (Wildman–Crippen LogP) is 2.99. The fraction of sp³-hybridized carbons (Fsp3) is 0.333. The number of hydrogen-bond acceptors (Lipinski definition) is 3. The zero-order valence-corrected chi connectivity index (χ0v) is 11.4. The van der Waals surface area contributed by atoms with Crippen LogP contribution in [-0.4, -0.2) is 23.1 Å². The molecule has 19 heavy (non-hydrogen) atoms. The summed E-state index contributed by atoms with van der Waals surface area (Å²) in [6.45, 7) is 5.80. The van der Waals surface area contributed by atoms with Gasteiger partial charge in [-0.05, 0) is 45.0 Å². The van der Waals surface area contributed by atoms with E-state index in [4.69, 9.17) is 4.74 Å². The van der Waals surface area contributed by atoms with Crippen LogP contribution in [0.4, 0.5) is 5.69 Å². The van der Waals surface area contributed by atoms with Crippen molar-refractivity contribution >= 4 is 22.5 Å². The van der Waals surface area contributed by atoms with Crippen molar-refractivity contribution in [2.24, 2.45) is 0 Å². The molecule has 4 nitrogen and oxygen atoms in total. The summed E-state index contributed by atoms with van der Waals surface area (Å²) in [5.41, 5.74) is 1.29. The Morgan fingerprint density at radius 1 is 1.26 bits per heavy atom. The molecular weight excluding hydrogens is 240 g/mol. The highest BCUT2D eigenvalue weighted by Gasteiger charge is 2.13. The first kappa shape index (κ1) is 13.5. The largest absolute Gasteiger partial charge is 0.366 e. The van der Waals surface area contributed by atoms with Gasteiger partial charge in [-0.1, -0.05) is 6.07 Å². The van der Waals surface area contributed by atoms with E-state index in [0.717, 1.165) is 16.6 Å². The molecule has 0 unspecified atom stereocenters. The van der Waals surface area contributed by atoms with E-state index in [1.807, 2.05) is 51.1 Å². The molecular formula is C15H18N2O2. The zero-order chi connectivity index (χ0) is 13.9. The van der Waals surface area contributed by atoms with Gasteiger partial charge in [-0.15, -0.1) is 0 Å². The van der Waals surface area contributed by atoms with Crippen LogP contribution in [0.5, 0.6) is 0 Å². The maximum atomic E-state index is 11.8. The highest BCUT2D eigenvalue weighted by Crippen LogP contribution is 2.21. The van der Waals surface area contributed by atoms with Crippen LogP contribution < -0.4 is 5.32 Å². The fourth-order valence-electron chi connectivity index (χ4n) is 1.68. The number of hydrogen-bond donors (Lipinski definition) is 1. The molecule has 0 aliphatic rings. The minimum atomic E-state index is -0.322. The third kappa shape index (κ3) is 3.76. The Labute approximate surface area is 112 Å². The Balaban J connectivity index is 2.11. The van der Waals surface area contributed by atoms with Gasteiger partial charge < -0.3 is 10.1 Å². The van der Waals surface area contributed by atoms with E-state index >= 15 is 0 Å². The molecule has 1 N–H and O–H groups in total. The number of benzene rings is 1. The Kier molecular flexibility index (Phi) is 3.81. The molecule has 0 saturated heterocycles. The number of pyridine rings is 1. The lowest BCUT2D eigenvalue weighted by atomic mass is 10.2. The number of nitrogens with zero attached hydrogens (tertiary/aromatic N) is 1. The molecule has 2 aromatic rings. The maximum absolute atomic E-state index is 11.8. The normalized spacial score (nSPS) is 11.5. The summed E-state index contributed by atoms with van der Waals surface area (Å²) in [7, 11) is 0. The number of aromatic nitrogens is 1. The second-order valence-corrected chi connectivity index (χ2v) is 5.32. The summed E-state index contributed by atoms with van der Waals surface area (Å²) in [6, 6.07) is 9.43. The lowest BCUT2D eigenvalue weighted by molar-refractivity contribution is -0.125. The van der Waals surface area contributed by atoms with E-state index in [1.165, 1.54) is 0 Å². The average Bonchev–Trinajstić information content (AvgIpc) is 2.36. The zero-order valence-electron chi connectivity index (χ0n) is 11.4. The van der Waals surface area contributed by atoms with Gasteiger partial charge in [0, 0.05) is 11.6 Å². The fourth-order valence-corrected chi connectivity index (χ4v) is 1.68. The van der Waals surface area contributed by atoms with E-state index in [2.05, 4.69) is 10.3 Å². The number of fused-ring (bicyclic) bond motifs is 1. The van der Waals surface area contributed by atoms with Crippen LogP contribution in [0, 0.1) is 0 Å². The predicted molar refractivity (Wildman–Crippen MR) is 76.1 cm³/mol. The molecule has 0 aliphatic carbocycles. The van der Waals surface area contributed by atoms with Crippen molar-refractivity contribution in [3.63, 3.8) is 0 Å². The van der Waals surface area contributed by atoms with Crippen LogP contribution in [0.3, 0.4) is 0 Å². The number of ether oxygens (including phenoxy) is 1. The van der Waals surface area contributed by atoms with Crippen LogP contribution in [0.15, 0.2) is 36.5 Å². The minimum Gasteiger partial charge on any atom is -0.366 e. The van der Waals surface area contributed by atoms with Gasteiger partial charge in [-0.25, -0.2) is 0 Å². The first-order valence-electron chi connectivity index (χ1n) is 6.23. The Morgan fingerprint density at radius 2 is 2.05 bits per heavy atom. The number of rotatable bonds is 3. The molecule has 0 spiro atoms. The van der Waals surface area contributed by atoms with Crippen molar-refractivity contribution in [1.82, 2.24) is 4.98 Å². The second kappa shape index (κ2) is 5.36. The van der Waals surface area contributed by atoms with Gasteiger partial charge in [0.2, 0.25) is 5.91 Å². The van der Waals surface area contributed by atoms with Crippen molar-refractivity contribution < 1.29 is 9.53 Å². The molecule has 0 fully saturated rings. The van der Waals surface area contributed by atoms with Crippen LogP contribution in [0.1, 0.15) is 20.8 Å². The monoisotopic (exact) mass is 258 g/mol. The smallest absolute Gasteiger partial charge is 0.250 e.